The van der Waals surface area contributed by atoms with Crippen molar-refractivity contribution in [1.29, 1.82) is 0 Å². The molecule has 0 bridgehead atoms. The van der Waals surface area contributed by atoms with Crippen molar-refractivity contribution >= 4 is 11.9 Å². The van der Waals surface area contributed by atoms with Crippen molar-refractivity contribution in [1.82, 2.24) is 15.5 Å². The second kappa shape index (κ2) is 10.5. The fraction of sp³-hybridized carbons (Fsp3) is 0.579. The highest BCUT2D eigenvalue weighted by Crippen LogP contribution is 2.18. The Hall–Kier alpha value is -2.44. The quantitative estimate of drug-likeness (QED) is 0.419. The maximum atomic E-state index is 12.0. The molecule has 0 unspecified atom stereocenters. The molecule has 0 aliphatic carbocycles. The number of guanidine groups is 1. The fourth-order valence-corrected chi connectivity index (χ4v) is 2.29. The summed E-state index contributed by atoms with van der Waals surface area (Å²) in [6.07, 6.45) is 0.804. The van der Waals surface area contributed by atoms with Crippen molar-refractivity contribution in [3.05, 3.63) is 24.3 Å². The van der Waals surface area contributed by atoms with E-state index in [1.54, 1.807) is 19.1 Å². The Morgan fingerprint density at radius 1 is 1.27 bits per heavy atom. The lowest BCUT2D eigenvalue weighted by Crippen LogP contribution is -2.48. The van der Waals surface area contributed by atoms with Crippen LogP contribution in [-0.4, -0.2) is 63.2 Å². The topological polar surface area (TPSA) is 75.2 Å². The zero-order valence-corrected chi connectivity index (χ0v) is 16.8. The predicted molar refractivity (Wildman–Crippen MR) is 105 cm³/mol. The van der Waals surface area contributed by atoms with E-state index < -0.39 is 0 Å². The van der Waals surface area contributed by atoms with Crippen LogP contribution in [0.25, 0.3) is 0 Å². The van der Waals surface area contributed by atoms with Crippen LogP contribution in [0.2, 0.25) is 0 Å². The van der Waals surface area contributed by atoms with Gasteiger partial charge in [-0.2, -0.15) is 0 Å². The van der Waals surface area contributed by atoms with Crippen LogP contribution in [0.1, 0.15) is 27.2 Å². The first-order chi connectivity index (χ1) is 12.2. The number of hydrogen-bond acceptors (Lipinski definition) is 4. The third-order valence-corrected chi connectivity index (χ3v) is 3.38. The third-order valence-electron chi connectivity index (χ3n) is 3.38. The lowest BCUT2D eigenvalue weighted by Gasteiger charge is -2.25. The van der Waals surface area contributed by atoms with Gasteiger partial charge in [0.25, 0.3) is 0 Å². The summed E-state index contributed by atoms with van der Waals surface area (Å²) in [7, 11) is 5.17. The smallest absolute Gasteiger partial charge is 0.240 e. The third kappa shape index (κ3) is 8.60. The van der Waals surface area contributed by atoms with Gasteiger partial charge in [-0.25, -0.2) is 0 Å². The Morgan fingerprint density at radius 2 is 1.96 bits per heavy atom. The Bertz CT molecular complexity index is 597. The molecular weight excluding hydrogens is 332 g/mol. The number of aliphatic imine (C=N–C) groups is 1. The molecule has 2 N–H and O–H groups in total. The first-order valence-corrected chi connectivity index (χ1v) is 8.75. The van der Waals surface area contributed by atoms with Crippen LogP contribution < -0.4 is 20.1 Å². The molecule has 7 nitrogen and oxygen atoms in total. The van der Waals surface area contributed by atoms with E-state index in [0.29, 0.717) is 19.1 Å². The second-order valence-electron chi connectivity index (χ2n) is 7.01. The van der Waals surface area contributed by atoms with Crippen LogP contribution in [0.3, 0.4) is 0 Å². The number of methoxy groups -OCH3 is 1. The van der Waals surface area contributed by atoms with Crippen molar-refractivity contribution in [2.45, 2.75) is 32.7 Å². The van der Waals surface area contributed by atoms with Crippen LogP contribution >= 0.6 is 0 Å². The van der Waals surface area contributed by atoms with Crippen LogP contribution in [0.5, 0.6) is 11.5 Å². The van der Waals surface area contributed by atoms with Gasteiger partial charge in [-0.05, 0) is 39.3 Å². The minimum Gasteiger partial charge on any atom is -0.497 e. The molecule has 0 spiro atoms. The zero-order chi connectivity index (χ0) is 19.6. The summed E-state index contributed by atoms with van der Waals surface area (Å²) in [6, 6.07) is 7.53. The largest absolute Gasteiger partial charge is 0.497 e. The Balaban J connectivity index is 2.32. The van der Waals surface area contributed by atoms with Gasteiger partial charge in [0, 0.05) is 32.2 Å². The number of likely N-dealkylation sites (N-methyl/N-ethyl adjacent to an activating group) is 1. The molecule has 0 fully saturated rings. The molecular formula is C19H32N4O3. The van der Waals surface area contributed by atoms with Crippen molar-refractivity contribution in [2.24, 2.45) is 4.99 Å². The van der Waals surface area contributed by atoms with Gasteiger partial charge in [-0.15, -0.1) is 0 Å². The lowest BCUT2D eigenvalue weighted by atomic mass is 10.1. The highest BCUT2D eigenvalue weighted by molar-refractivity contribution is 5.86. The first kappa shape index (κ1) is 21.6. The number of ether oxygens (including phenoxy) is 2. The number of nitrogens with zero attached hydrogens (tertiary/aromatic N) is 2. The zero-order valence-electron chi connectivity index (χ0n) is 16.8. The standard InChI is InChI=1S/C19H32N4O3/c1-19(2,3)22-17(24)14-23(5)18(20-4)21-11-8-12-26-16-10-7-9-15(13-16)25-6/h7,9-10,13H,8,11-12,14H2,1-6H3,(H,20,21)(H,22,24). The molecule has 1 aromatic carbocycles. The Labute approximate surface area is 156 Å². The molecule has 0 aliphatic rings. The minimum atomic E-state index is -0.244. The van der Waals surface area contributed by atoms with Gasteiger partial charge in [0.1, 0.15) is 11.5 Å². The van der Waals surface area contributed by atoms with Gasteiger partial charge in [-0.3, -0.25) is 9.79 Å². The number of benzene rings is 1. The molecule has 0 atom stereocenters. The van der Waals surface area contributed by atoms with Crippen molar-refractivity contribution in [2.75, 3.05) is 40.9 Å². The number of rotatable bonds is 8. The van der Waals surface area contributed by atoms with Crippen molar-refractivity contribution < 1.29 is 14.3 Å². The van der Waals surface area contributed by atoms with E-state index in [9.17, 15) is 4.79 Å². The molecule has 1 aromatic rings. The predicted octanol–water partition coefficient (Wildman–Crippen LogP) is 1.89. The maximum Gasteiger partial charge on any atom is 0.240 e. The molecule has 0 heterocycles. The van der Waals surface area contributed by atoms with E-state index in [0.717, 1.165) is 17.9 Å². The molecule has 0 aliphatic heterocycles. The van der Waals surface area contributed by atoms with Crippen molar-refractivity contribution in [3.63, 3.8) is 0 Å². The Kier molecular flexibility index (Phi) is 8.75. The number of nitrogens with one attached hydrogen (secondary N) is 2. The fourth-order valence-electron chi connectivity index (χ4n) is 2.29. The van der Waals surface area contributed by atoms with Gasteiger partial charge in [0.15, 0.2) is 5.96 Å². The minimum absolute atomic E-state index is 0.0377. The summed E-state index contributed by atoms with van der Waals surface area (Å²) >= 11 is 0. The summed E-state index contributed by atoms with van der Waals surface area (Å²) in [6.45, 7) is 7.39. The molecule has 0 saturated heterocycles. The average Bonchev–Trinajstić information content (AvgIpc) is 2.56. The van der Waals surface area contributed by atoms with Crippen LogP contribution in [0.4, 0.5) is 0 Å². The van der Waals surface area contributed by atoms with E-state index in [1.807, 2.05) is 52.1 Å². The summed E-state index contributed by atoms with van der Waals surface area (Å²) in [5, 5.41) is 6.18. The molecule has 26 heavy (non-hydrogen) atoms. The monoisotopic (exact) mass is 364 g/mol. The van der Waals surface area contributed by atoms with Gasteiger partial charge >= 0.3 is 0 Å². The lowest BCUT2D eigenvalue weighted by molar-refractivity contribution is -0.122. The van der Waals surface area contributed by atoms with Crippen LogP contribution in [0.15, 0.2) is 29.3 Å². The molecule has 0 aromatic heterocycles. The number of carbonyl (C=O) groups is 1. The SMILES string of the molecule is CN=C(NCCCOc1cccc(OC)c1)N(C)CC(=O)NC(C)(C)C. The van der Waals surface area contributed by atoms with E-state index in [2.05, 4.69) is 15.6 Å². The number of hydrogen-bond donors (Lipinski definition) is 2. The highest BCUT2D eigenvalue weighted by atomic mass is 16.5. The van der Waals surface area contributed by atoms with Crippen LogP contribution in [0, 0.1) is 0 Å². The maximum absolute atomic E-state index is 12.0. The average molecular weight is 364 g/mol. The molecule has 0 radical (unpaired) electrons. The van der Waals surface area contributed by atoms with Crippen LogP contribution in [-0.2, 0) is 4.79 Å². The molecule has 1 amide bonds. The second-order valence-corrected chi connectivity index (χ2v) is 7.01. The number of carbonyl (C=O) groups excluding carboxylic acids is 1. The van der Waals surface area contributed by atoms with Gasteiger partial charge < -0.3 is 25.0 Å². The normalized spacial score (nSPS) is 11.7. The summed E-state index contributed by atoms with van der Waals surface area (Å²) in [4.78, 5) is 18.0. The van der Waals surface area contributed by atoms with E-state index >= 15 is 0 Å². The number of amides is 1. The highest BCUT2D eigenvalue weighted by Gasteiger charge is 2.16. The van der Waals surface area contributed by atoms with Crippen molar-refractivity contribution in [3.8, 4) is 11.5 Å². The van der Waals surface area contributed by atoms with E-state index in [1.165, 1.54) is 0 Å². The van der Waals surface area contributed by atoms with Gasteiger partial charge in [0.05, 0.1) is 20.3 Å². The molecule has 7 heteroatoms. The molecule has 0 saturated carbocycles. The Morgan fingerprint density at radius 3 is 2.58 bits per heavy atom. The summed E-state index contributed by atoms with van der Waals surface area (Å²) in [5.74, 6) is 2.20. The van der Waals surface area contributed by atoms with E-state index in [-0.39, 0.29) is 18.0 Å². The molecule has 1 rings (SSSR count). The summed E-state index contributed by atoms with van der Waals surface area (Å²) < 4.78 is 10.9. The van der Waals surface area contributed by atoms with Gasteiger partial charge in [0.2, 0.25) is 5.91 Å². The molecule has 146 valence electrons. The summed E-state index contributed by atoms with van der Waals surface area (Å²) in [5.41, 5.74) is -0.244. The van der Waals surface area contributed by atoms with E-state index in [4.69, 9.17) is 9.47 Å². The van der Waals surface area contributed by atoms with Gasteiger partial charge in [-0.1, -0.05) is 6.07 Å². The first-order valence-electron chi connectivity index (χ1n) is 8.75.